The van der Waals surface area contributed by atoms with Crippen LogP contribution in [0, 0.1) is 0 Å². The largest absolute Gasteiger partial charge is 0.374 e. The zero-order valence-electron chi connectivity index (χ0n) is 11.9. The van der Waals surface area contributed by atoms with Crippen molar-refractivity contribution in [3.63, 3.8) is 0 Å². The molecule has 18 heavy (non-hydrogen) atoms. The van der Waals surface area contributed by atoms with E-state index in [4.69, 9.17) is 4.74 Å². The average Bonchev–Trinajstić information content (AvgIpc) is 2.26. The van der Waals surface area contributed by atoms with Crippen LogP contribution in [0.15, 0.2) is 0 Å². The number of likely N-dealkylation sites (N-methyl/N-ethyl adjacent to an activating group) is 1. The van der Waals surface area contributed by atoms with E-state index in [9.17, 15) is 8.42 Å². The van der Waals surface area contributed by atoms with Crippen molar-refractivity contribution < 1.29 is 13.2 Å². The molecule has 0 bridgehead atoms. The highest BCUT2D eigenvalue weighted by Gasteiger charge is 2.29. The fraction of sp³-hybridized carbons (Fsp3) is 1.00. The molecule has 0 aromatic carbocycles. The Labute approximate surface area is 111 Å². The number of ether oxygens (including phenoxy) is 1. The molecule has 0 amide bonds. The highest BCUT2D eigenvalue weighted by Crippen LogP contribution is 2.15. The first kappa shape index (κ1) is 15.9. The molecule has 1 fully saturated rings. The maximum absolute atomic E-state index is 12.0. The summed E-state index contributed by atoms with van der Waals surface area (Å²) in [5.41, 5.74) is 0. The molecule has 0 aliphatic carbocycles. The van der Waals surface area contributed by atoms with Crippen LogP contribution in [0.2, 0.25) is 0 Å². The Morgan fingerprint density at radius 2 is 2.06 bits per heavy atom. The Morgan fingerprint density at radius 3 is 2.56 bits per heavy atom. The van der Waals surface area contributed by atoms with E-state index in [2.05, 4.69) is 5.32 Å². The van der Waals surface area contributed by atoms with E-state index in [0.717, 1.165) is 26.2 Å². The van der Waals surface area contributed by atoms with Gasteiger partial charge < -0.3 is 15.0 Å². The lowest BCUT2D eigenvalue weighted by atomic mass is 10.3. The molecule has 1 N–H and O–H groups in total. The summed E-state index contributed by atoms with van der Waals surface area (Å²) in [6.07, 6.45) is 0.168. The minimum absolute atomic E-state index is 0.168. The molecule has 1 unspecified atom stereocenters. The second-order valence-electron chi connectivity index (χ2n) is 5.89. The maximum atomic E-state index is 12.0. The topological polar surface area (TPSA) is 58.6 Å². The first-order valence-corrected chi connectivity index (χ1v) is 8.11. The summed E-state index contributed by atoms with van der Waals surface area (Å²) < 4.78 is 28.9. The highest BCUT2D eigenvalue weighted by molar-refractivity contribution is 7.92. The summed E-state index contributed by atoms with van der Waals surface area (Å²) in [4.78, 5) is 2.03. The summed E-state index contributed by atoms with van der Waals surface area (Å²) >= 11 is 0. The van der Waals surface area contributed by atoms with Crippen molar-refractivity contribution in [1.29, 1.82) is 0 Å². The van der Waals surface area contributed by atoms with Gasteiger partial charge in [-0.05, 0) is 27.8 Å². The second-order valence-corrected chi connectivity index (χ2v) is 8.75. The molecule has 1 aliphatic heterocycles. The number of hydrogen-bond acceptors (Lipinski definition) is 5. The Hall–Kier alpha value is -0.170. The summed E-state index contributed by atoms with van der Waals surface area (Å²) in [7, 11) is -1.09. The first-order chi connectivity index (χ1) is 8.22. The summed E-state index contributed by atoms with van der Waals surface area (Å²) in [6, 6.07) is 0. The second kappa shape index (κ2) is 6.32. The third-order valence-electron chi connectivity index (χ3n) is 3.19. The van der Waals surface area contributed by atoms with Gasteiger partial charge in [0.05, 0.1) is 23.2 Å². The van der Waals surface area contributed by atoms with Gasteiger partial charge in [0.1, 0.15) is 0 Å². The van der Waals surface area contributed by atoms with Gasteiger partial charge in [-0.3, -0.25) is 0 Å². The maximum Gasteiger partial charge on any atom is 0.156 e. The molecule has 0 saturated carbocycles. The zero-order chi connectivity index (χ0) is 13.8. The van der Waals surface area contributed by atoms with Crippen LogP contribution < -0.4 is 5.32 Å². The Balaban J connectivity index is 2.34. The van der Waals surface area contributed by atoms with Crippen LogP contribution in [0.5, 0.6) is 0 Å². The molecule has 1 atom stereocenters. The SMILES string of the molecule is CN(CCS(=O)(=O)C(C)(C)C)CC1CNCCO1. The molecular weight excluding hydrogens is 252 g/mol. The van der Waals surface area contributed by atoms with Crippen molar-refractivity contribution in [1.82, 2.24) is 10.2 Å². The lowest BCUT2D eigenvalue weighted by Crippen LogP contribution is -2.45. The molecule has 6 heteroatoms. The minimum Gasteiger partial charge on any atom is -0.374 e. The Kier molecular flexibility index (Phi) is 5.58. The first-order valence-electron chi connectivity index (χ1n) is 6.45. The Bertz CT molecular complexity index is 343. The molecule has 0 spiro atoms. The third-order valence-corrected chi connectivity index (χ3v) is 5.78. The lowest BCUT2D eigenvalue weighted by Gasteiger charge is -2.28. The Morgan fingerprint density at radius 1 is 1.39 bits per heavy atom. The predicted molar refractivity (Wildman–Crippen MR) is 73.6 cm³/mol. The molecule has 0 radical (unpaired) electrons. The normalized spacial score (nSPS) is 22.4. The molecule has 1 rings (SSSR count). The van der Waals surface area contributed by atoms with Gasteiger partial charge in [-0.25, -0.2) is 8.42 Å². The van der Waals surface area contributed by atoms with Gasteiger partial charge >= 0.3 is 0 Å². The van der Waals surface area contributed by atoms with Gasteiger partial charge in [-0.15, -0.1) is 0 Å². The molecule has 0 aromatic heterocycles. The average molecular weight is 278 g/mol. The number of rotatable bonds is 5. The highest BCUT2D eigenvalue weighted by atomic mass is 32.2. The van der Waals surface area contributed by atoms with Crippen LogP contribution >= 0.6 is 0 Å². The molecule has 0 aromatic rings. The molecule has 1 heterocycles. The van der Waals surface area contributed by atoms with Crippen LogP contribution in [0.3, 0.4) is 0 Å². The van der Waals surface area contributed by atoms with Crippen molar-refractivity contribution in [3.05, 3.63) is 0 Å². The molecule has 5 nitrogen and oxygen atoms in total. The van der Waals surface area contributed by atoms with Gasteiger partial charge in [0.25, 0.3) is 0 Å². The summed E-state index contributed by atoms with van der Waals surface area (Å²) in [6.45, 7) is 9.05. The van der Waals surface area contributed by atoms with Crippen molar-refractivity contribution in [2.45, 2.75) is 31.6 Å². The fourth-order valence-electron chi connectivity index (χ4n) is 1.76. The number of nitrogens with zero attached hydrogens (tertiary/aromatic N) is 1. The molecular formula is C12H26N2O3S. The summed E-state index contributed by atoms with van der Waals surface area (Å²) in [5.74, 6) is 0.202. The number of hydrogen-bond donors (Lipinski definition) is 1. The van der Waals surface area contributed by atoms with Crippen LogP contribution in [0.1, 0.15) is 20.8 Å². The monoisotopic (exact) mass is 278 g/mol. The standard InChI is InChI=1S/C12H26N2O3S/c1-12(2,3)18(15,16)8-6-14(4)10-11-9-13-5-7-17-11/h11,13H,5-10H2,1-4H3. The zero-order valence-corrected chi connectivity index (χ0v) is 12.7. The van der Waals surface area contributed by atoms with Gasteiger partial charge in [0.15, 0.2) is 9.84 Å². The van der Waals surface area contributed by atoms with E-state index in [0.29, 0.717) is 6.54 Å². The van der Waals surface area contributed by atoms with Crippen LogP contribution in [-0.4, -0.2) is 69.8 Å². The van der Waals surface area contributed by atoms with Crippen LogP contribution in [0.4, 0.5) is 0 Å². The van der Waals surface area contributed by atoms with Crippen molar-refractivity contribution in [3.8, 4) is 0 Å². The van der Waals surface area contributed by atoms with E-state index in [1.165, 1.54) is 0 Å². The van der Waals surface area contributed by atoms with Crippen LogP contribution in [-0.2, 0) is 14.6 Å². The molecule has 108 valence electrons. The van der Waals surface area contributed by atoms with Crippen molar-refractivity contribution >= 4 is 9.84 Å². The third kappa shape index (κ3) is 4.84. The number of morpholine rings is 1. The lowest BCUT2D eigenvalue weighted by molar-refractivity contribution is 0.0110. The number of nitrogens with one attached hydrogen (secondary N) is 1. The van der Waals surface area contributed by atoms with E-state index in [1.807, 2.05) is 11.9 Å². The van der Waals surface area contributed by atoms with E-state index >= 15 is 0 Å². The van der Waals surface area contributed by atoms with E-state index < -0.39 is 14.6 Å². The molecule has 1 aliphatic rings. The van der Waals surface area contributed by atoms with E-state index in [-0.39, 0.29) is 11.9 Å². The van der Waals surface area contributed by atoms with Gasteiger partial charge in [0, 0.05) is 26.2 Å². The van der Waals surface area contributed by atoms with Crippen molar-refractivity contribution in [2.24, 2.45) is 0 Å². The smallest absolute Gasteiger partial charge is 0.156 e. The fourth-order valence-corrected chi connectivity index (χ4v) is 2.92. The van der Waals surface area contributed by atoms with Gasteiger partial charge in [-0.2, -0.15) is 0 Å². The summed E-state index contributed by atoms with van der Waals surface area (Å²) in [5, 5.41) is 3.27. The molecule has 1 saturated heterocycles. The van der Waals surface area contributed by atoms with Crippen molar-refractivity contribution in [2.75, 3.05) is 45.6 Å². The quantitative estimate of drug-likeness (QED) is 0.774. The number of sulfone groups is 1. The van der Waals surface area contributed by atoms with Crippen LogP contribution in [0.25, 0.3) is 0 Å². The van der Waals surface area contributed by atoms with Gasteiger partial charge in [0.2, 0.25) is 0 Å². The predicted octanol–water partition coefficient (Wildman–Crippen LogP) is 0.120. The van der Waals surface area contributed by atoms with Gasteiger partial charge in [-0.1, -0.05) is 0 Å². The minimum atomic E-state index is -3.03. The van der Waals surface area contributed by atoms with E-state index in [1.54, 1.807) is 20.8 Å².